The first-order chi connectivity index (χ1) is 12.5. The predicted molar refractivity (Wildman–Crippen MR) is 107 cm³/mol. The second kappa shape index (κ2) is 8.08. The van der Waals surface area contributed by atoms with Gasteiger partial charge in [0.25, 0.3) is 0 Å². The molecule has 5 nitrogen and oxygen atoms in total. The van der Waals surface area contributed by atoms with E-state index < -0.39 is 27.8 Å². The van der Waals surface area contributed by atoms with Gasteiger partial charge >= 0.3 is 0 Å². The lowest BCUT2D eigenvalue weighted by molar-refractivity contribution is -0.117. The van der Waals surface area contributed by atoms with Gasteiger partial charge in [0.1, 0.15) is 11.9 Å². The molecule has 1 amide bonds. The second-order valence-corrected chi connectivity index (χ2v) is 8.58. The molecule has 2 rings (SSSR count). The average molecular weight is 392 g/mol. The van der Waals surface area contributed by atoms with Gasteiger partial charge in [0.15, 0.2) is 0 Å². The summed E-state index contributed by atoms with van der Waals surface area (Å²) in [5, 5.41) is 2.87. The minimum atomic E-state index is -3.76. The fourth-order valence-electron chi connectivity index (χ4n) is 3.23. The number of rotatable bonds is 6. The smallest absolute Gasteiger partial charge is 0.248 e. The number of hydrogen-bond donors (Lipinski definition) is 1. The monoisotopic (exact) mass is 392 g/mol. The molecule has 0 aliphatic heterocycles. The Morgan fingerprint density at radius 1 is 1.11 bits per heavy atom. The molecule has 0 saturated heterocycles. The Morgan fingerprint density at radius 3 is 2.07 bits per heavy atom. The van der Waals surface area contributed by atoms with Crippen molar-refractivity contribution >= 4 is 27.3 Å². The lowest BCUT2D eigenvalue weighted by Gasteiger charge is -2.30. The lowest BCUT2D eigenvalue weighted by Crippen LogP contribution is -2.47. The van der Waals surface area contributed by atoms with Crippen molar-refractivity contribution in [1.29, 1.82) is 0 Å². The van der Waals surface area contributed by atoms with E-state index >= 15 is 0 Å². The highest BCUT2D eigenvalue weighted by Crippen LogP contribution is 2.26. The molecule has 0 heterocycles. The van der Waals surface area contributed by atoms with Gasteiger partial charge in [-0.15, -0.1) is 0 Å². The van der Waals surface area contributed by atoms with Crippen LogP contribution in [0.25, 0.3) is 0 Å². The van der Waals surface area contributed by atoms with Crippen LogP contribution in [0.2, 0.25) is 0 Å². The van der Waals surface area contributed by atoms with Crippen LogP contribution in [-0.2, 0) is 14.8 Å². The first-order valence-corrected chi connectivity index (χ1v) is 10.5. The van der Waals surface area contributed by atoms with Crippen LogP contribution in [0.4, 0.5) is 15.8 Å². The second-order valence-electron chi connectivity index (χ2n) is 6.72. The third-order valence-corrected chi connectivity index (χ3v) is 5.52. The fourth-order valence-corrected chi connectivity index (χ4v) is 4.44. The number of carbonyl (C=O) groups is 1. The topological polar surface area (TPSA) is 66.5 Å². The number of benzene rings is 2. The number of amides is 1. The Bertz CT molecular complexity index is 917. The van der Waals surface area contributed by atoms with Crippen LogP contribution in [0.5, 0.6) is 0 Å². The molecular formula is C20H25FN2O3S. The van der Waals surface area contributed by atoms with Crippen LogP contribution in [0, 0.1) is 26.6 Å². The molecule has 1 N–H and O–H groups in total. The highest BCUT2D eigenvalue weighted by molar-refractivity contribution is 7.92. The molecule has 2 aromatic carbocycles. The van der Waals surface area contributed by atoms with E-state index in [0.29, 0.717) is 5.69 Å². The SMILES string of the molecule is CC[C@H](C(=O)Nc1c(C)cc(C)cc1C)N(c1ccc(F)cc1)S(C)(=O)=O. The van der Waals surface area contributed by atoms with Crippen molar-refractivity contribution in [1.82, 2.24) is 0 Å². The van der Waals surface area contributed by atoms with Crippen LogP contribution in [-0.4, -0.2) is 26.6 Å². The normalized spacial score (nSPS) is 12.5. The quantitative estimate of drug-likeness (QED) is 0.810. The Balaban J connectivity index is 2.42. The van der Waals surface area contributed by atoms with E-state index in [9.17, 15) is 17.6 Å². The fraction of sp³-hybridized carbons (Fsp3) is 0.350. The molecule has 0 fully saturated rings. The zero-order valence-corrected chi connectivity index (χ0v) is 17.0. The van der Waals surface area contributed by atoms with Crippen molar-refractivity contribution in [3.05, 3.63) is 58.9 Å². The highest BCUT2D eigenvalue weighted by atomic mass is 32.2. The number of sulfonamides is 1. The predicted octanol–water partition coefficient (Wildman–Crippen LogP) is 3.93. The molecule has 2 aromatic rings. The number of anilines is 2. The third-order valence-electron chi connectivity index (χ3n) is 4.34. The van der Waals surface area contributed by atoms with Crippen LogP contribution >= 0.6 is 0 Å². The first kappa shape index (κ1) is 20.9. The zero-order valence-electron chi connectivity index (χ0n) is 16.2. The minimum absolute atomic E-state index is 0.248. The van der Waals surface area contributed by atoms with Gasteiger partial charge in [-0.25, -0.2) is 12.8 Å². The first-order valence-electron chi connectivity index (χ1n) is 8.68. The van der Waals surface area contributed by atoms with Gasteiger partial charge < -0.3 is 5.32 Å². The van der Waals surface area contributed by atoms with Gasteiger partial charge in [-0.1, -0.05) is 24.6 Å². The Kier molecular flexibility index (Phi) is 6.26. The van der Waals surface area contributed by atoms with Crippen LogP contribution in [0.1, 0.15) is 30.0 Å². The largest absolute Gasteiger partial charge is 0.324 e. The number of hydrogen-bond acceptors (Lipinski definition) is 3. The van der Waals surface area contributed by atoms with Gasteiger partial charge in [0.2, 0.25) is 15.9 Å². The Labute approximate surface area is 160 Å². The summed E-state index contributed by atoms with van der Waals surface area (Å²) in [6.07, 6.45) is 1.30. The van der Waals surface area contributed by atoms with Gasteiger partial charge in [0.05, 0.1) is 11.9 Å². The molecule has 0 bridgehead atoms. The van der Waals surface area contributed by atoms with Crippen molar-refractivity contribution in [3.63, 3.8) is 0 Å². The number of carbonyl (C=O) groups excluding carboxylic acids is 1. The maximum absolute atomic E-state index is 13.2. The molecule has 0 aliphatic rings. The van der Waals surface area contributed by atoms with E-state index in [0.717, 1.165) is 27.3 Å². The summed E-state index contributed by atoms with van der Waals surface area (Å²) in [6, 6.07) is 8.02. The lowest BCUT2D eigenvalue weighted by atomic mass is 10.0. The van der Waals surface area contributed by atoms with Gasteiger partial charge in [-0.3, -0.25) is 9.10 Å². The maximum Gasteiger partial charge on any atom is 0.248 e. The summed E-state index contributed by atoms with van der Waals surface area (Å²) in [4.78, 5) is 13.0. The number of nitrogens with one attached hydrogen (secondary N) is 1. The van der Waals surface area contributed by atoms with E-state index in [4.69, 9.17) is 0 Å². The molecule has 0 aliphatic carbocycles. The van der Waals surface area contributed by atoms with Crippen LogP contribution < -0.4 is 9.62 Å². The van der Waals surface area contributed by atoms with E-state index in [-0.39, 0.29) is 12.1 Å². The van der Waals surface area contributed by atoms with Crippen molar-refractivity contribution in [2.75, 3.05) is 15.9 Å². The van der Waals surface area contributed by atoms with Crippen molar-refractivity contribution in [2.24, 2.45) is 0 Å². The summed E-state index contributed by atoms with van der Waals surface area (Å²) < 4.78 is 39.1. The van der Waals surface area contributed by atoms with Gasteiger partial charge in [0, 0.05) is 5.69 Å². The molecule has 0 spiro atoms. The van der Waals surface area contributed by atoms with Crippen molar-refractivity contribution in [3.8, 4) is 0 Å². The van der Waals surface area contributed by atoms with Crippen molar-refractivity contribution < 1.29 is 17.6 Å². The molecule has 0 saturated carbocycles. The molecule has 0 radical (unpaired) electrons. The Hall–Kier alpha value is -2.41. The van der Waals surface area contributed by atoms with E-state index in [1.807, 2.05) is 32.9 Å². The number of nitrogens with zero attached hydrogens (tertiary/aromatic N) is 1. The maximum atomic E-state index is 13.2. The molecule has 0 aromatic heterocycles. The summed E-state index contributed by atoms with van der Waals surface area (Å²) in [7, 11) is -3.76. The summed E-state index contributed by atoms with van der Waals surface area (Å²) in [5.74, 6) is -0.905. The zero-order chi connectivity index (χ0) is 20.4. The third kappa shape index (κ3) is 4.86. The van der Waals surface area contributed by atoms with Crippen LogP contribution in [0.15, 0.2) is 36.4 Å². The van der Waals surface area contributed by atoms with Gasteiger partial charge in [-0.2, -0.15) is 0 Å². The van der Waals surface area contributed by atoms with Gasteiger partial charge in [-0.05, 0) is 62.6 Å². The summed E-state index contributed by atoms with van der Waals surface area (Å²) >= 11 is 0. The molecule has 146 valence electrons. The highest BCUT2D eigenvalue weighted by Gasteiger charge is 2.32. The molecule has 7 heteroatoms. The molecule has 27 heavy (non-hydrogen) atoms. The summed E-state index contributed by atoms with van der Waals surface area (Å²) in [5.41, 5.74) is 3.82. The van der Waals surface area contributed by atoms with E-state index in [1.54, 1.807) is 6.92 Å². The number of halogens is 1. The van der Waals surface area contributed by atoms with Crippen LogP contribution in [0.3, 0.4) is 0 Å². The molecular weight excluding hydrogens is 367 g/mol. The standard InChI is InChI=1S/C20H25FN2O3S/c1-6-18(20(24)22-19-14(3)11-13(2)12-15(19)4)23(27(5,25)26)17-9-7-16(21)8-10-17/h7-12,18H,6H2,1-5H3,(H,22,24)/t18-/m1/s1. The average Bonchev–Trinajstić information content (AvgIpc) is 2.55. The number of aryl methyl sites for hydroxylation is 3. The Morgan fingerprint density at radius 2 is 1.63 bits per heavy atom. The summed E-state index contributed by atoms with van der Waals surface area (Å²) in [6.45, 7) is 7.50. The van der Waals surface area contributed by atoms with E-state index in [2.05, 4.69) is 5.32 Å². The molecule has 0 unspecified atom stereocenters. The van der Waals surface area contributed by atoms with E-state index in [1.165, 1.54) is 24.3 Å². The minimum Gasteiger partial charge on any atom is -0.324 e. The van der Waals surface area contributed by atoms with Crippen molar-refractivity contribution in [2.45, 2.75) is 40.2 Å². The molecule has 1 atom stereocenters.